The van der Waals surface area contributed by atoms with Gasteiger partial charge < -0.3 is 20.3 Å². The van der Waals surface area contributed by atoms with Crippen LogP contribution in [-0.2, 0) is 14.3 Å². The summed E-state index contributed by atoms with van der Waals surface area (Å²) >= 11 is 0. The van der Waals surface area contributed by atoms with Crippen LogP contribution in [0, 0.1) is 0 Å². The highest BCUT2D eigenvalue weighted by Gasteiger charge is 2.18. The average molecular weight is 1070 g/mol. The second-order valence-corrected chi connectivity index (χ2v) is 23.5. The second kappa shape index (κ2) is 65.6. The molecular weight excluding hydrogens is 935 g/mol. The lowest BCUT2D eigenvalue weighted by molar-refractivity contribution is -0.143. The van der Waals surface area contributed by atoms with Gasteiger partial charge in [-0.05, 0) is 64.2 Å². The Morgan fingerprint density at radius 2 is 0.658 bits per heavy atom. The van der Waals surface area contributed by atoms with E-state index < -0.39 is 12.1 Å². The first kappa shape index (κ1) is 74.1. The van der Waals surface area contributed by atoms with Crippen molar-refractivity contribution in [1.29, 1.82) is 0 Å². The van der Waals surface area contributed by atoms with E-state index >= 15 is 0 Å². The summed E-state index contributed by atoms with van der Waals surface area (Å²) in [5, 5.41) is 23.1. The van der Waals surface area contributed by atoms with Gasteiger partial charge in [-0.2, -0.15) is 0 Å². The van der Waals surface area contributed by atoms with Gasteiger partial charge in [0.15, 0.2) is 0 Å². The number of esters is 1. The van der Waals surface area contributed by atoms with E-state index in [1.165, 1.54) is 295 Å². The molecule has 2 atom stereocenters. The van der Waals surface area contributed by atoms with Crippen LogP contribution in [0.25, 0.3) is 0 Å². The fraction of sp³-hybridized carbons (Fsp3) is 0.886. The van der Waals surface area contributed by atoms with Gasteiger partial charge in [0, 0.05) is 12.8 Å². The molecule has 1 amide bonds. The third kappa shape index (κ3) is 61.3. The van der Waals surface area contributed by atoms with Crippen molar-refractivity contribution in [2.75, 3.05) is 13.2 Å². The van der Waals surface area contributed by atoms with Crippen LogP contribution < -0.4 is 5.32 Å². The molecule has 0 fully saturated rings. The van der Waals surface area contributed by atoms with Gasteiger partial charge >= 0.3 is 5.97 Å². The number of hydrogen-bond acceptors (Lipinski definition) is 5. The van der Waals surface area contributed by atoms with Gasteiger partial charge in [-0.3, -0.25) is 9.59 Å². The molecule has 0 bridgehead atoms. The number of aliphatic hydroxyl groups excluding tert-OH is 2. The van der Waals surface area contributed by atoms with E-state index in [4.69, 9.17) is 4.74 Å². The quantitative estimate of drug-likeness (QED) is 0.0320. The van der Waals surface area contributed by atoms with Gasteiger partial charge in [-0.1, -0.05) is 333 Å². The van der Waals surface area contributed by atoms with Gasteiger partial charge in [0.1, 0.15) is 0 Å². The molecular formula is C70H133NO5. The molecule has 0 heterocycles. The van der Waals surface area contributed by atoms with Crippen molar-refractivity contribution in [1.82, 2.24) is 5.32 Å². The average Bonchev–Trinajstić information content (AvgIpc) is 3.42. The maximum atomic E-state index is 12.5. The molecule has 0 aliphatic carbocycles. The number of ether oxygens (including phenoxy) is 1. The Labute approximate surface area is 474 Å². The molecule has 0 rings (SSSR count). The molecule has 448 valence electrons. The predicted octanol–water partition coefficient (Wildman–Crippen LogP) is 21.9. The van der Waals surface area contributed by atoms with Crippen LogP contribution >= 0.6 is 0 Å². The topological polar surface area (TPSA) is 95.9 Å². The van der Waals surface area contributed by atoms with Crippen LogP contribution in [0.15, 0.2) is 36.5 Å². The van der Waals surface area contributed by atoms with E-state index in [2.05, 4.69) is 43.5 Å². The van der Waals surface area contributed by atoms with Crippen molar-refractivity contribution in [2.45, 2.75) is 386 Å². The Balaban J connectivity index is 3.34. The molecule has 0 radical (unpaired) electrons. The van der Waals surface area contributed by atoms with E-state index in [0.717, 1.165) is 51.4 Å². The standard InChI is InChI=1S/C70H133NO5/c1-3-5-7-9-11-13-15-17-18-19-33-36-40-44-48-52-56-60-64-70(75)76-65-61-57-53-49-45-41-37-34-31-29-27-25-23-21-20-22-24-26-28-30-32-35-39-43-47-51-55-59-63-69(74)71-67(66-72)68(73)62-58-54-50-46-42-38-16-14-12-10-8-6-4-2/h13,15,18-19,58,62,67-68,72-73H,3-12,14,16-17,20-57,59-61,63-66H2,1-2H3,(H,71,74)/b15-13-,19-18-,62-58+. The van der Waals surface area contributed by atoms with Crippen LogP contribution in [0.2, 0.25) is 0 Å². The zero-order valence-electron chi connectivity index (χ0n) is 51.3. The maximum Gasteiger partial charge on any atom is 0.305 e. The van der Waals surface area contributed by atoms with Crippen LogP contribution in [0.3, 0.4) is 0 Å². The maximum absolute atomic E-state index is 12.5. The molecule has 0 aliphatic rings. The molecule has 0 aromatic carbocycles. The van der Waals surface area contributed by atoms with Gasteiger partial charge in [0.25, 0.3) is 0 Å². The number of nitrogens with one attached hydrogen (secondary N) is 1. The van der Waals surface area contributed by atoms with Crippen LogP contribution in [0.5, 0.6) is 0 Å². The minimum Gasteiger partial charge on any atom is -0.466 e. The number of rotatable bonds is 64. The lowest BCUT2D eigenvalue weighted by Crippen LogP contribution is -2.45. The Bertz CT molecular complexity index is 1230. The summed E-state index contributed by atoms with van der Waals surface area (Å²) in [4.78, 5) is 24.6. The molecule has 0 saturated carbocycles. The first-order chi connectivity index (χ1) is 37.5. The number of unbranched alkanes of at least 4 members (excludes halogenated alkanes) is 49. The van der Waals surface area contributed by atoms with Crippen molar-refractivity contribution >= 4 is 11.9 Å². The van der Waals surface area contributed by atoms with Crippen molar-refractivity contribution in [3.63, 3.8) is 0 Å². The summed E-state index contributed by atoms with van der Waals surface area (Å²) in [5.74, 6) is -0.0525. The fourth-order valence-corrected chi connectivity index (χ4v) is 10.7. The van der Waals surface area contributed by atoms with Crippen molar-refractivity contribution in [3.05, 3.63) is 36.5 Å². The predicted molar refractivity (Wildman–Crippen MR) is 333 cm³/mol. The number of allylic oxidation sites excluding steroid dienone is 5. The molecule has 0 spiro atoms. The number of hydrogen-bond donors (Lipinski definition) is 3. The lowest BCUT2D eigenvalue weighted by Gasteiger charge is -2.20. The largest absolute Gasteiger partial charge is 0.466 e. The molecule has 0 saturated heterocycles. The van der Waals surface area contributed by atoms with Gasteiger partial charge in [-0.15, -0.1) is 0 Å². The van der Waals surface area contributed by atoms with E-state index in [0.29, 0.717) is 19.4 Å². The highest BCUT2D eigenvalue weighted by atomic mass is 16.5. The van der Waals surface area contributed by atoms with Crippen LogP contribution in [0.1, 0.15) is 373 Å². The van der Waals surface area contributed by atoms with E-state index in [9.17, 15) is 19.8 Å². The summed E-state index contributed by atoms with van der Waals surface area (Å²) < 4.78 is 5.50. The summed E-state index contributed by atoms with van der Waals surface area (Å²) in [7, 11) is 0. The molecule has 0 aliphatic heterocycles. The molecule has 6 nitrogen and oxygen atoms in total. The Hall–Kier alpha value is -1.92. The van der Waals surface area contributed by atoms with Crippen molar-refractivity contribution in [3.8, 4) is 0 Å². The molecule has 0 aromatic heterocycles. The third-order valence-electron chi connectivity index (χ3n) is 15.9. The van der Waals surface area contributed by atoms with Crippen molar-refractivity contribution < 1.29 is 24.5 Å². The summed E-state index contributed by atoms with van der Waals surface area (Å²) in [6.45, 7) is 4.90. The number of carbonyl (C=O) groups is 2. The second-order valence-electron chi connectivity index (χ2n) is 23.5. The Morgan fingerprint density at radius 3 is 1.01 bits per heavy atom. The molecule has 76 heavy (non-hydrogen) atoms. The Kier molecular flexibility index (Phi) is 63.9. The first-order valence-corrected chi connectivity index (χ1v) is 34.3. The highest BCUT2D eigenvalue weighted by molar-refractivity contribution is 5.76. The molecule has 6 heteroatoms. The molecule has 3 N–H and O–H groups in total. The zero-order chi connectivity index (χ0) is 55.0. The zero-order valence-corrected chi connectivity index (χ0v) is 51.3. The number of aliphatic hydroxyl groups is 2. The SMILES string of the molecule is CCCCCC/C=C\C/C=C\CCCCCCCCCC(=O)OCCCCCCCCCCCCCCCCCCCCCCCCCCCCCCC(=O)NC(CO)C(O)/C=C/CCCCCCCCCCCCC. The van der Waals surface area contributed by atoms with Crippen molar-refractivity contribution in [2.24, 2.45) is 0 Å². The monoisotopic (exact) mass is 1070 g/mol. The smallest absolute Gasteiger partial charge is 0.305 e. The third-order valence-corrected chi connectivity index (χ3v) is 15.9. The summed E-state index contributed by atoms with van der Waals surface area (Å²) in [5.41, 5.74) is 0. The highest BCUT2D eigenvalue weighted by Crippen LogP contribution is 2.18. The first-order valence-electron chi connectivity index (χ1n) is 34.3. The van der Waals surface area contributed by atoms with Crippen LogP contribution in [0.4, 0.5) is 0 Å². The Morgan fingerprint density at radius 1 is 0.368 bits per heavy atom. The molecule has 0 aromatic rings. The van der Waals surface area contributed by atoms with E-state index in [1.54, 1.807) is 6.08 Å². The summed E-state index contributed by atoms with van der Waals surface area (Å²) in [6.07, 6.45) is 83.6. The summed E-state index contributed by atoms with van der Waals surface area (Å²) in [6, 6.07) is -0.625. The minimum atomic E-state index is -0.841. The lowest BCUT2D eigenvalue weighted by atomic mass is 10.0. The van der Waals surface area contributed by atoms with E-state index in [1.807, 2.05) is 6.08 Å². The fourth-order valence-electron chi connectivity index (χ4n) is 10.7. The number of amides is 1. The van der Waals surface area contributed by atoms with Gasteiger partial charge in [0.05, 0.1) is 25.4 Å². The molecule has 2 unspecified atom stereocenters. The number of carbonyl (C=O) groups excluding carboxylic acids is 2. The van der Waals surface area contributed by atoms with Gasteiger partial charge in [-0.25, -0.2) is 0 Å². The normalized spacial score (nSPS) is 12.7. The van der Waals surface area contributed by atoms with Gasteiger partial charge in [0.2, 0.25) is 5.91 Å². The minimum absolute atomic E-state index is 0.0113. The van der Waals surface area contributed by atoms with E-state index in [-0.39, 0.29) is 18.5 Å². The van der Waals surface area contributed by atoms with Crippen LogP contribution in [-0.4, -0.2) is 47.4 Å².